The molecule has 96 valence electrons. The number of aromatic amines is 1. The molecule has 1 amide bonds. The molecular formula is C10H9N7OS. The number of amides is 1. The fourth-order valence-electron chi connectivity index (χ4n) is 1.57. The molecule has 2 N–H and O–H groups in total. The number of anilines is 1. The van der Waals surface area contributed by atoms with Crippen molar-refractivity contribution in [2.24, 2.45) is 0 Å². The molecule has 0 aliphatic carbocycles. The second-order valence-electron chi connectivity index (χ2n) is 3.77. The third-order valence-electron chi connectivity index (χ3n) is 2.51. The van der Waals surface area contributed by atoms with Crippen molar-refractivity contribution in [2.45, 2.75) is 6.92 Å². The maximum absolute atomic E-state index is 12.2. The molecule has 9 heteroatoms. The number of rotatable bonds is 3. The van der Waals surface area contributed by atoms with Crippen molar-refractivity contribution in [3.05, 3.63) is 34.4 Å². The molecule has 3 aromatic rings. The molecular weight excluding hydrogens is 266 g/mol. The van der Waals surface area contributed by atoms with E-state index in [9.17, 15) is 4.79 Å². The minimum Gasteiger partial charge on any atom is -0.306 e. The Morgan fingerprint density at radius 1 is 1.53 bits per heavy atom. The number of thiophene rings is 1. The predicted molar refractivity (Wildman–Crippen MR) is 68.3 cm³/mol. The normalized spacial score (nSPS) is 10.6. The Morgan fingerprint density at radius 2 is 2.42 bits per heavy atom. The lowest BCUT2D eigenvalue weighted by Crippen LogP contribution is -2.14. The third kappa shape index (κ3) is 2.10. The highest BCUT2D eigenvalue weighted by Gasteiger charge is 2.16. The third-order valence-corrected chi connectivity index (χ3v) is 3.42. The number of nitrogens with zero attached hydrogens (tertiary/aromatic N) is 5. The van der Waals surface area contributed by atoms with Gasteiger partial charge in [0, 0.05) is 5.56 Å². The van der Waals surface area contributed by atoms with Gasteiger partial charge in [0.25, 0.3) is 5.91 Å². The number of carbonyl (C=O) groups excluding carboxylic acids is 1. The molecule has 0 saturated carbocycles. The maximum Gasteiger partial charge on any atom is 0.269 e. The predicted octanol–water partition coefficient (Wildman–Crippen LogP) is 1.01. The number of tetrazole rings is 1. The van der Waals surface area contributed by atoms with E-state index in [0.717, 1.165) is 5.56 Å². The highest BCUT2D eigenvalue weighted by atomic mass is 32.1. The van der Waals surface area contributed by atoms with E-state index in [1.54, 1.807) is 12.3 Å². The fourth-order valence-corrected chi connectivity index (χ4v) is 2.34. The standard InChI is InChI=1S/C10H9N7OS/c1-6-4-11-14-9(6)13-10(18)8-7(2-3-19-8)17-5-12-15-16-17/h2-5H,1H3,(H2,11,13,14,18). The van der Waals surface area contributed by atoms with E-state index >= 15 is 0 Å². The second-order valence-corrected chi connectivity index (χ2v) is 4.69. The van der Waals surface area contributed by atoms with Crippen molar-refractivity contribution in [3.63, 3.8) is 0 Å². The van der Waals surface area contributed by atoms with Crippen LogP contribution in [-0.2, 0) is 0 Å². The largest absolute Gasteiger partial charge is 0.306 e. The van der Waals surface area contributed by atoms with E-state index in [-0.39, 0.29) is 5.91 Å². The molecule has 0 aromatic carbocycles. The molecule has 0 unspecified atom stereocenters. The first-order chi connectivity index (χ1) is 9.25. The summed E-state index contributed by atoms with van der Waals surface area (Å²) in [5.74, 6) is 0.355. The molecule has 3 rings (SSSR count). The van der Waals surface area contributed by atoms with Crippen molar-refractivity contribution in [1.29, 1.82) is 0 Å². The summed E-state index contributed by atoms with van der Waals surface area (Å²) in [6.45, 7) is 1.86. The number of hydrogen-bond acceptors (Lipinski definition) is 6. The van der Waals surface area contributed by atoms with E-state index in [1.165, 1.54) is 22.3 Å². The van der Waals surface area contributed by atoms with Gasteiger partial charge in [0.15, 0.2) is 0 Å². The van der Waals surface area contributed by atoms with Gasteiger partial charge in [-0.2, -0.15) is 9.78 Å². The number of aromatic nitrogens is 6. The molecule has 0 spiro atoms. The van der Waals surface area contributed by atoms with Gasteiger partial charge in [-0.1, -0.05) is 0 Å². The van der Waals surface area contributed by atoms with Gasteiger partial charge < -0.3 is 5.32 Å². The number of aryl methyl sites for hydroxylation is 1. The van der Waals surface area contributed by atoms with E-state index in [2.05, 4.69) is 31.0 Å². The van der Waals surface area contributed by atoms with Gasteiger partial charge in [-0.15, -0.1) is 16.4 Å². The number of H-pyrrole nitrogens is 1. The zero-order chi connectivity index (χ0) is 13.2. The van der Waals surface area contributed by atoms with Crippen LogP contribution >= 0.6 is 11.3 Å². The molecule has 0 bridgehead atoms. The van der Waals surface area contributed by atoms with E-state index < -0.39 is 0 Å². The molecule has 0 fully saturated rings. The first-order valence-electron chi connectivity index (χ1n) is 5.38. The first kappa shape index (κ1) is 11.5. The van der Waals surface area contributed by atoms with Crippen LogP contribution in [0, 0.1) is 6.92 Å². The van der Waals surface area contributed by atoms with Crippen LogP contribution in [0.25, 0.3) is 5.69 Å². The summed E-state index contributed by atoms with van der Waals surface area (Å²) < 4.78 is 1.45. The Labute approximate surface area is 111 Å². The first-order valence-corrected chi connectivity index (χ1v) is 6.26. The number of carbonyl (C=O) groups is 1. The van der Waals surface area contributed by atoms with Crippen LogP contribution in [0.15, 0.2) is 24.0 Å². The number of nitrogens with one attached hydrogen (secondary N) is 2. The van der Waals surface area contributed by atoms with Gasteiger partial charge in [0.2, 0.25) is 0 Å². The lowest BCUT2D eigenvalue weighted by molar-refractivity contribution is 0.103. The zero-order valence-electron chi connectivity index (χ0n) is 9.86. The minimum absolute atomic E-state index is 0.229. The van der Waals surface area contributed by atoms with Gasteiger partial charge in [-0.05, 0) is 28.8 Å². The van der Waals surface area contributed by atoms with Crippen molar-refractivity contribution in [1.82, 2.24) is 30.4 Å². The molecule has 0 saturated heterocycles. The fraction of sp³-hybridized carbons (Fsp3) is 0.100. The molecule has 8 nitrogen and oxygen atoms in total. The van der Waals surface area contributed by atoms with Crippen LogP contribution < -0.4 is 5.32 Å². The summed E-state index contributed by atoms with van der Waals surface area (Å²) in [6.07, 6.45) is 3.09. The molecule has 0 atom stereocenters. The van der Waals surface area contributed by atoms with Crippen LogP contribution in [0.2, 0.25) is 0 Å². The highest BCUT2D eigenvalue weighted by molar-refractivity contribution is 7.12. The molecule has 0 aliphatic rings. The summed E-state index contributed by atoms with van der Waals surface area (Å²) in [5.41, 5.74) is 1.51. The van der Waals surface area contributed by atoms with Gasteiger partial charge >= 0.3 is 0 Å². The Morgan fingerprint density at radius 3 is 3.11 bits per heavy atom. The second kappa shape index (κ2) is 4.61. The number of hydrogen-bond donors (Lipinski definition) is 2. The quantitative estimate of drug-likeness (QED) is 0.742. The molecule has 19 heavy (non-hydrogen) atoms. The van der Waals surface area contributed by atoms with Gasteiger partial charge in [-0.3, -0.25) is 9.89 Å². The van der Waals surface area contributed by atoms with Gasteiger partial charge in [0.1, 0.15) is 17.0 Å². The summed E-state index contributed by atoms with van der Waals surface area (Å²) in [6, 6.07) is 1.79. The average Bonchev–Trinajstić information content (AvgIpc) is 3.09. The molecule has 0 radical (unpaired) electrons. The van der Waals surface area contributed by atoms with Crippen LogP contribution in [0.4, 0.5) is 5.82 Å². The maximum atomic E-state index is 12.2. The topological polar surface area (TPSA) is 101 Å². The van der Waals surface area contributed by atoms with Gasteiger partial charge in [-0.25, -0.2) is 0 Å². The highest BCUT2D eigenvalue weighted by Crippen LogP contribution is 2.21. The Kier molecular flexibility index (Phi) is 2.80. The minimum atomic E-state index is -0.229. The molecule has 3 aromatic heterocycles. The van der Waals surface area contributed by atoms with Crippen LogP contribution in [-0.4, -0.2) is 36.3 Å². The average molecular weight is 275 g/mol. The Balaban J connectivity index is 1.89. The van der Waals surface area contributed by atoms with Gasteiger partial charge in [0.05, 0.1) is 11.9 Å². The van der Waals surface area contributed by atoms with Crippen molar-refractivity contribution >= 4 is 23.1 Å². The zero-order valence-corrected chi connectivity index (χ0v) is 10.7. The SMILES string of the molecule is Cc1cn[nH]c1NC(=O)c1sccc1-n1cnnn1. The summed E-state index contributed by atoms with van der Waals surface area (Å²) in [5, 5.41) is 22.1. The van der Waals surface area contributed by atoms with Crippen LogP contribution in [0.3, 0.4) is 0 Å². The lowest BCUT2D eigenvalue weighted by Gasteiger charge is -2.04. The Bertz CT molecular complexity index is 699. The lowest BCUT2D eigenvalue weighted by atomic mass is 10.3. The monoisotopic (exact) mass is 275 g/mol. The van der Waals surface area contributed by atoms with E-state index in [0.29, 0.717) is 16.4 Å². The van der Waals surface area contributed by atoms with Crippen LogP contribution in [0.1, 0.15) is 15.2 Å². The Hall–Kier alpha value is -2.55. The summed E-state index contributed by atoms with van der Waals surface area (Å²) >= 11 is 1.32. The van der Waals surface area contributed by atoms with Crippen molar-refractivity contribution in [3.8, 4) is 5.69 Å². The van der Waals surface area contributed by atoms with E-state index in [4.69, 9.17) is 0 Å². The van der Waals surface area contributed by atoms with Crippen molar-refractivity contribution < 1.29 is 4.79 Å². The molecule has 0 aliphatic heterocycles. The van der Waals surface area contributed by atoms with Crippen LogP contribution in [0.5, 0.6) is 0 Å². The van der Waals surface area contributed by atoms with Crippen molar-refractivity contribution in [2.75, 3.05) is 5.32 Å². The smallest absolute Gasteiger partial charge is 0.269 e. The summed E-state index contributed by atoms with van der Waals surface area (Å²) in [7, 11) is 0. The molecule has 3 heterocycles. The summed E-state index contributed by atoms with van der Waals surface area (Å²) in [4.78, 5) is 12.7. The van der Waals surface area contributed by atoms with E-state index in [1.807, 2.05) is 12.3 Å².